The maximum absolute atomic E-state index is 16.2. The van der Waals surface area contributed by atoms with Gasteiger partial charge in [0.1, 0.15) is 41.6 Å². The number of para-hydroxylation sites is 1. The Kier molecular flexibility index (Phi) is 8.48. The molecule has 0 bridgehead atoms. The van der Waals surface area contributed by atoms with E-state index in [0.717, 1.165) is 54.6 Å². The maximum Gasteiger partial charge on any atom is 0.262 e. The molecule has 290 valence electrons. The van der Waals surface area contributed by atoms with Crippen LogP contribution >= 0.6 is 0 Å². The van der Waals surface area contributed by atoms with Crippen LogP contribution in [0.15, 0.2) is 79.1 Å². The van der Waals surface area contributed by atoms with Gasteiger partial charge in [0, 0.05) is 69.0 Å². The van der Waals surface area contributed by atoms with E-state index < -0.39 is 41.9 Å². The van der Waals surface area contributed by atoms with Crippen molar-refractivity contribution in [2.75, 3.05) is 49.9 Å². The van der Waals surface area contributed by atoms with E-state index in [1.807, 2.05) is 60.7 Å². The molecule has 2 aromatic heterocycles. The highest BCUT2D eigenvalue weighted by molar-refractivity contribution is 6.23. The van der Waals surface area contributed by atoms with Crippen LogP contribution in [0.2, 0.25) is 0 Å². The summed E-state index contributed by atoms with van der Waals surface area (Å²) in [6.45, 7) is 4.23. The number of hydrogen-bond donors (Lipinski definition) is 2. The van der Waals surface area contributed by atoms with E-state index in [4.69, 9.17) is 15.6 Å². The number of nitrogens with zero attached hydrogens (tertiary/aromatic N) is 8. The van der Waals surface area contributed by atoms with E-state index in [9.17, 15) is 19.2 Å². The lowest BCUT2D eigenvalue weighted by molar-refractivity contribution is -0.136. The van der Waals surface area contributed by atoms with Crippen LogP contribution in [0.3, 0.4) is 0 Å². The molecule has 15 nitrogen and oxygen atoms in total. The first-order chi connectivity index (χ1) is 27.7. The molecule has 0 aliphatic carbocycles. The first kappa shape index (κ1) is 35.2. The number of ether oxygens (including phenoxy) is 1. The van der Waals surface area contributed by atoms with Crippen LogP contribution in [-0.2, 0) is 9.59 Å². The second-order valence-electron chi connectivity index (χ2n) is 15.4. The quantitative estimate of drug-likeness (QED) is 0.221. The Morgan fingerprint density at radius 1 is 0.789 bits per heavy atom. The summed E-state index contributed by atoms with van der Waals surface area (Å²) in [7, 11) is 0. The molecule has 57 heavy (non-hydrogen) atoms. The summed E-state index contributed by atoms with van der Waals surface area (Å²) in [5.74, 6) is -0.353. The minimum Gasteiger partial charge on any atom is -0.457 e. The van der Waals surface area contributed by atoms with E-state index >= 15 is 4.39 Å². The first-order valence-corrected chi connectivity index (χ1v) is 19.2. The van der Waals surface area contributed by atoms with Gasteiger partial charge < -0.3 is 15.4 Å². The zero-order valence-corrected chi connectivity index (χ0v) is 30.8. The van der Waals surface area contributed by atoms with Crippen molar-refractivity contribution in [3.63, 3.8) is 0 Å². The zero-order chi connectivity index (χ0) is 38.9. The molecule has 0 saturated carbocycles. The van der Waals surface area contributed by atoms with Gasteiger partial charge in [-0.05, 0) is 67.4 Å². The van der Waals surface area contributed by atoms with Gasteiger partial charge in [-0.2, -0.15) is 5.10 Å². The molecule has 1 unspecified atom stereocenters. The number of imide groups is 2. The van der Waals surface area contributed by atoms with Crippen LogP contribution in [0.5, 0.6) is 11.5 Å². The van der Waals surface area contributed by atoms with Gasteiger partial charge in [0.15, 0.2) is 5.65 Å². The number of amides is 4. The Morgan fingerprint density at radius 2 is 1.53 bits per heavy atom. The van der Waals surface area contributed by atoms with Crippen molar-refractivity contribution >= 4 is 46.2 Å². The van der Waals surface area contributed by atoms with Gasteiger partial charge in [0.2, 0.25) is 11.8 Å². The number of nitrogens with two attached hydrogens (primary N) is 1. The van der Waals surface area contributed by atoms with Gasteiger partial charge in [0.05, 0.1) is 22.6 Å². The topological polar surface area (TPSA) is 172 Å². The molecule has 5 aliphatic rings. The average molecular weight is 771 g/mol. The molecule has 5 aliphatic heterocycles. The zero-order valence-electron chi connectivity index (χ0n) is 30.8. The van der Waals surface area contributed by atoms with Crippen molar-refractivity contribution in [1.29, 1.82) is 0 Å². The molecule has 4 amide bonds. The van der Waals surface area contributed by atoms with Crippen molar-refractivity contribution in [2.24, 2.45) is 0 Å². The number of likely N-dealkylation sites (tertiary alicyclic amines) is 2. The molecule has 4 saturated heterocycles. The number of nitrogens with one attached hydrogen (secondary N) is 1. The van der Waals surface area contributed by atoms with Gasteiger partial charge in [-0.15, -0.1) is 0 Å². The van der Waals surface area contributed by atoms with Crippen LogP contribution in [0.1, 0.15) is 46.0 Å². The third-order valence-electron chi connectivity index (χ3n) is 12.1. The van der Waals surface area contributed by atoms with E-state index in [1.54, 1.807) is 16.8 Å². The molecular formula is C41H39FN10O5. The van der Waals surface area contributed by atoms with Crippen molar-refractivity contribution in [1.82, 2.24) is 39.8 Å². The predicted octanol–water partition coefficient (Wildman–Crippen LogP) is 3.43. The fourth-order valence-corrected chi connectivity index (χ4v) is 8.83. The monoisotopic (exact) mass is 770 g/mol. The molecule has 3 N–H and O–H groups in total. The Morgan fingerprint density at radius 3 is 2.28 bits per heavy atom. The van der Waals surface area contributed by atoms with Gasteiger partial charge in [-0.1, -0.05) is 18.2 Å². The molecule has 3 aromatic carbocycles. The fraction of sp³-hybridized carbons (Fsp3) is 0.341. The summed E-state index contributed by atoms with van der Waals surface area (Å²) in [6.07, 6.45) is 0.993. The van der Waals surface area contributed by atoms with E-state index in [-0.39, 0.29) is 30.0 Å². The number of anilines is 2. The molecule has 0 radical (unpaired) electrons. The number of nitrogen functional groups attached to an aromatic ring is 1. The Hall–Kier alpha value is -6.26. The second kappa shape index (κ2) is 13.7. The van der Waals surface area contributed by atoms with Crippen LogP contribution in [0.25, 0.3) is 22.3 Å². The Balaban J connectivity index is 0.753. The average Bonchev–Trinajstić information content (AvgIpc) is 3.68. The summed E-state index contributed by atoms with van der Waals surface area (Å²) < 4.78 is 23.9. The highest BCUT2D eigenvalue weighted by Crippen LogP contribution is 2.38. The number of rotatable bonds is 8. The smallest absolute Gasteiger partial charge is 0.262 e. The molecule has 5 aromatic rings. The lowest BCUT2D eigenvalue weighted by Crippen LogP contribution is -2.70. The molecule has 3 atom stereocenters. The SMILES string of the molecule is Nc1ncnc2c1c(-c1ccc(Oc3ccccc3)cc1)nn2[C@H]1CCN(C2CN(C3CN(c4ccc5c(c4)C(=O)N(C4CCC(=O)NC4=O)C5=O)C3)C2)C[C@H]1F. The largest absolute Gasteiger partial charge is 0.457 e. The number of fused-ring (bicyclic) bond motifs is 2. The summed E-state index contributed by atoms with van der Waals surface area (Å²) in [5.41, 5.74) is 9.66. The number of benzene rings is 3. The number of piperidine rings is 2. The predicted molar refractivity (Wildman–Crippen MR) is 206 cm³/mol. The van der Waals surface area contributed by atoms with Gasteiger partial charge in [-0.25, -0.2) is 19.0 Å². The van der Waals surface area contributed by atoms with Gasteiger partial charge in [-0.3, -0.25) is 39.2 Å². The highest BCUT2D eigenvalue weighted by Gasteiger charge is 2.47. The third-order valence-corrected chi connectivity index (χ3v) is 12.1. The number of carbonyl (C=O) groups excluding carboxylic acids is 4. The number of aromatic nitrogens is 4. The molecule has 7 heterocycles. The Labute approximate surface area is 326 Å². The van der Waals surface area contributed by atoms with Crippen LogP contribution in [0, 0.1) is 0 Å². The Bertz CT molecular complexity index is 2430. The van der Waals surface area contributed by atoms with Crippen LogP contribution in [-0.4, -0.2) is 122 Å². The van der Waals surface area contributed by atoms with Crippen LogP contribution in [0.4, 0.5) is 15.9 Å². The normalized spacial score (nSPS) is 23.4. The second-order valence-corrected chi connectivity index (χ2v) is 15.4. The minimum absolute atomic E-state index is 0.0763. The summed E-state index contributed by atoms with van der Waals surface area (Å²) in [6, 6.07) is 21.4. The van der Waals surface area contributed by atoms with Crippen molar-refractivity contribution in [2.45, 2.75) is 49.6 Å². The molecule has 0 spiro atoms. The molecule has 16 heteroatoms. The minimum atomic E-state index is -1.17. The van der Waals surface area contributed by atoms with Crippen molar-refractivity contribution < 1.29 is 28.3 Å². The third kappa shape index (κ3) is 6.06. The van der Waals surface area contributed by atoms with Crippen LogP contribution < -0.4 is 20.7 Å². The number of halogens is 1. The van der Waals surface area contributed by atoms with Crippen molar-refractivity contribution in [3.8, 4) is 22.8 Å². The first-order valence-electron chi connectivity index (χ1n) is 19.2. The highest BCUT2D eigenvalue weighted by atomic mass is 19.1. The molecule has 10 rings (SSSR count). The lowest BCUT2D eigenvalue weighted by Gasteiger charge is -2.55. The van der Waals surface area contributed by atoms with Gasteiger partial charge >= 0.3 is 0 Å². The standard InChI is InChI=1S/C41H39FN10O5/c42-31-21-48(15-14-32(31)52-38-35(37(43)44-22-45-38)36(47-52)23-6-9-28(10-7-23)57-27-4-2-1-3-5-27)25-17-50(18-25)26-19-49(20-26)24-8-11-29-30(16-24)41(56)51(40(29)55)33-12-13-34(53)46-39(33)54/h1-11,16,22,25-26,31-33H,12-15,17-21H2,(H2,43,44,45)(H,46,53,54)/t31-,32+,33?/m1/s1. The number of alkyl halides is 1. The molecule has 4 fully saturated rings. The maximum atomic E-state index is 16.2. The number of hydrogen-bond acceptors (Lipinski definition) is 12. The summed E-state index contributed by atoms with van der Waals surface area (Å²) in [5, 5.41) is 7.74. The van der Waals surface area contributed by atoms with E-state index in [2.05, 4.69) is 30.0 Å². The fourth-order valence-electron chi connectivity index (χ4n) is 8.83. The summed E-state index contributed by atoms with van der Waals surface area (Å²) >= 11 is 0. The van der Waals surface area contributed by atoms with E-state index in [0.29, 0.717) is 47.3 Å². The summed E-state index contributed by atoms with van der Waals surface area (Å²) in [4.78, 5) is 67.0. The molecular weight excluding hydrogens is 732 g/mol. The van der Waals surface area contributed by atoms with Gasteiger partial charge in [0.25, 0.3) is 11.8 Å². The van der Waals surface area contributed by atoms with E-state index in [1.165, 1.54) is 6.33 Å². The lowest BCUT2D eigenvalue weighted by atomic mass is 9.94. The van der Waals surface area contributed by atoms with Crippen molar-refractivity contribution in [3.05, 3.63) is 90.3 Å². The number of carbonyl (C=O) groups is 4.